The normalized spacial score (nSPS) is 11.9. The maximum atomic E-state index is 11.1. The van der Waals surface area contributed by atoms with Crippen LogP contribution in [-0.2, 0) is 3.79 Å². The van der Waals surface area contributed by atoms with Gasteiger partial charge in [0.15, 0.2) is 0 Å². The van der Waals surface area contributed by atoms with E-state index in [9.17, 15) is 4.79 Å². The highest BCUT2D eigenvalue weighted by atomic mass is 35.6. The Hall–Kier alpha value is -0.700. The van der Waals surface area contributed by atoms with Crippen LogP contribution < -0.4 is 5.63 Å². The van der Waals surface area contributed by atoms with Crippen LogP contribution in [0.4, 0.5) is 0 Å². The number of halogens is 3. The van der Waals surface area contributed by atoms with Crippen molar-refractivity contribution in [3.05, 3.63) is 46.3 Å². The van der Waals surface area contributed by atoms with E-state index < -0.39 is 9.42 Å². The van der Waals surface area contributed by atoms with Gasteiger partial charge in [0.25, 0.3) is 0 Å². The van der Waals surface area contributed by atoms with Crippen molar-refractivity contribution in [1.29, 1.82) is 0 Å². The van der Waals surface area contributed by atoms with E-state index in [1.165, 1.54) is 6.07 Å². The highest BCUT2D eigenvalue weighted by Gasteiger charge is 2.26. The molecule has 0 amide bonds. The highest BCUT2D eigenvalue weighted by Crippen LogP contribution is 2.41. The summed E-state index contributed by atoms with van der Waals surface area (Å²) in [5.74, 6) is 0. The summed E-state index contributed by atoms with van der Waals surface area (Å²) in [4.78, 5) is 11.1. The van der Waals surface area contributed by atoms with E-state index in [0.29, 0.717) is 11.1 Å². The lowest BCUT2D eigenvalue weighted by Crippen LogP contribution is -2.03. The number of rotatable bonds is 0. The Morgan fingerprint density at radius 1 is 1.07 bits per heavy atom. The van der Waals surface area contributed by atoms with E-state index in [-0.39, 0.29) is 0 Å². The molecule has 0 unspecified atom stereocenters. The Balaban J connectivity index is 2.86. The van der Waals surface area contributed by atoms with Crippen LogP contribution >= 0.6 is 34.8 Å². The molecule has 0 saturated heterocycles. The zero-order valence-electron chi connectivity index (χ0n) is 7.34. The predicted octanol–water partition coefficient (Wildman–Crippen LogP) is 3.62. The van der Waals surface area contributed by atoms with Crippen molar-refractivity contribution in [2.45, 2.75) is 3.79 Å². The number of benzene rings is 1. The molecule has 0 aliphatic rings. The minimum Gasteiger partial charge on any atom is -0.422 e. The first-order valence-electron chi connectivity index (χ1n) is 4.08. The van der Waals surface area contributed by atoms with Crippen LogP contribution in [0.1, 0.15) is 5.56 Å². The largest absolute Gasteiger partial charge is 0.422 e. The summed E-state index contributed by atoms with van der Waals surface area (Å²) in [6.45, 7) is 0. The zero-order valence-corrected chi connectivity index (χ0v) is 9.60. The first-order chi connectivity index (χ1) is 6.98. The zero-order chi connectivity index (χ0) is 11.1. The van der Waals surface area contributed by atoms with Crippen LogP contribution in [-0.4, -0.2) is 0 Å². The van der Waals surface area contributed by atoms with Gasteiger partial charge in [-0.2, -0.15) is 0 Å². The van der Waals surface area contributed by atoms with Crippen molar-refractivity contribution >= 4 is 45.8 Å². The Kier molecular flexibility index (Phi) is 2.67. The number of para-hydroxylation sites is 1. The maximum absolute atomic E-state index is 11.1. The minimum absolute atomic E-state index is 0.310. The van der Waals surface area contributed by atoms with Crippen molar-refractivity contribution < 1.29 is 4.42 Å². The third-order valence-corrected chi connectivity index (χ3v) is 2.56. The molecule has 0 aliphatic carbocycles. The second-order valence-electron chi connectivity index (χ2n) is 2.98. The Bertz CT molecular complexity index is 554. The van der Waals surface area contributed by atoms with Gasteiger partial charge in [0, 0.05) is 17.0 Å². The molecule has 0 fully saturated rings. The highest BCUT2D eigenvalue weighted by molar-refractivity contribution is 6.67. The molecule has 0 N–H and O–H groups in total. The van der Waals surface area contributed by atoms with Crippen LogP contribution in [0.5, 0.6) is 0 Å². The lowest BCUT2D eigenvalue weighted by Gasteiger charge is -2.12. The smallest absolute Gasteiger partial charge is 0.336 e. The van der Waals surface area contributed by atoms with E-state index in [0.717, 1.165) is 5.39 Å². The topological polar surface area (TPSA) is 30.2 Å². The van der Waals surface area contributed by atoms with Crippen molar-refractivity contribution in [2.75, 3.05) is 0 Å². The minimum atomic E-state index is -1.60. The molecule has 1 aromatic carbocycles. The first-order valence-corrected chi connectivity index (χ1v) is 5.22. The Morgan fingerprint density at radius 2 is 1.80 bits per heavy atom. The van der Waals surface area contributed by atoms with Crippen molar-refractivity contribution in [2.24, 2.45) is 0 Å². The molecule has 0 saturated carbocycles. The van der Waals surface area contributed by atoms with Gasteiger partial charge in [-0.3, -0.25) is 0 Å². The van der Waals surface area contributed by atoms with Crippen LogP contribution in [0.15, 0.2) is 39.5 Å². The van der Waals surface area contributed by atoms with E-state index in [4.69, 9.17) is 39.2 Å². The molecule has 2 rings (SSSR count). The standard InChI is InChI=1S/C10H5Cl3O2/c11-10(12,13)7-3-1-2-6-4-5-8(14)15-9(6)7/h1-5H. The second kappa shape index (κ2) is 3.71. The van der Waals surface area contributed by atoms with Gasteiger partial charge in [-0.15, -0.1) is 0 Å². The fourth-order valence-electron chi connectivity index (χ4n) is 1.32. The third kappa shape index (κ3) is 2.12. The molecule has 78 valence electrons. The molecule has 0 atom stereocenters. The van der Waals surface area contributed by atoms with Gasteiger partial charge in [-0.25, -0.2) is 4.79 Å². The lowest BCUT2D eigenvalue weighted by atomic mass is 10.1. The van der Waals surface area contributed by atoms with Crippen LogP contribution in [0.3, 0.4) is 0 Å². The van der Waals surface area contributed by atoms with Crippen molar-refractivity contribution in [3.8, 4) is 0 Å². The van der Waals surface area contributed by atoms with Gasteiger partial charge < -0.3 is 4.42 Å². The van der Waals surface area contributed by atoms with Gasteiger partial charge in [0.2, 0.25) is 3.79 Å². The first kappa shape index (κ1) is 10.8. The quantitative estimate of drug-likeness (QED) is 0.537. The van der Waals surface area contributed by atoms with E-state index in [1.54, 1.807) is 24.3 Å². The summed E-state index contributed by atoms with van der Waals surface area (Å²) in [5, 5.41) is 0.721. The van der Waals surface area contributed by atoms with E-state index in [1.807, 2.05) is 0 Å². The van der Waals surface area contributed by atoms with Crippen LogP contribution in [0.25, 0.3) is 11.0 Å². The molecular formula is C10H5Cl3O2. The van der Waals surface area contributed by atoms with Crippen molar-refractivity contribution in [1.82, 2.24) is 0 Å². The molecule has 0 spiro atoms. The van der Waals surface area contributed by atoms with Gasteiger partial charge >= 0.3 is 5.63 Å². The van der Waals surface area contributed by atoms with E-state index >= 15 is 0 Å². The van der Waals surface area contributed by atoms with Gasteiger partial charge in [-0.05, 0) is 6.07 Å². The molecule has 0 aliphatic heterocycles. The molecule has 0 bridgehead atoms. The molecular weight excluding hydrogens is 258 g/mol. The Labute approximate surface area is 100 Å². The summed E-state index contributed by atoms with van der Waals surface area (Å²) in [7, 11) is 0. The summed E-state index contributed by atoms with van der Waals surface area (Å²) in [6.07, 6.45) is 0. The number of fused-ring (bicyclic) bond motifs is 1. The average Bonchev–Trinajstić information content (AvgIpc) is 2.15. The van der Waals surface area contributed by atoms with E-state index in [2.05, 4.69) is 0 Å². The fraction of sp³-hybridized carbons (Fsp3) is 0.100. The Morgan fingerprint density at radius 3 is 2.47 bits per heavy atom. The molecule has 2 nitrogen and oxygen atoms in total. The lowest BCUT2D eigenvalue weighted by molar-refractivity contribution is 0.557. The fourth-order valence-corrected chi connectivity index (χ4v) is 1.76. The number of alkyl halides is 3. The average molecular weight is 264 g/mol. The molecule has 1 aromatic heterocycles. The van der Waals surface area contributed by atoms with Crippen LogP contribution in [0.2, 0.25) is 0 Å². The summed E-state index contributed by atoms with van der Waals surface area (Å²) in [6, 6.07) is 8.07. The van der Waals surface area contributed by atoms with Crippen LogP contribution in [0, 0.1) is 0 Å². The molecule has 5 heteroatoms. The SMILES string of the molecule is O=c1ccc2cccc(C(Cl)(Cl)Cl)c2o1. The maximum Gasteiger partial charge on any atom is 0.336 e. The monoisotopic (exact) mass is 262 g/mol. The van der Waals surface area contributed by atoms with Gasteiger partial charge in [-0.1, -0.05) is 53.0 Å². The predicted molar refractivity (Wildman–Crippen MR) is 61.7 cm³/mol. The molecule has 2 aromatic rings. The number of hydrogen-bond donors (Lipinski definition) is 0. The summed E-state index contributed by atoms with van der Waals surface area (Å²) < 4.78 is 3.41. The summed E-state index contributed by atoms with van der Waals surface area (Å²) >= 11 is 17.3. The number of hydrogen-bond acceptors (Lipinski definition) is 2. The second-order valence-corrected chi connectivity index (χ2v) is 5.26. The van der Waals surface area contributed by atoms with Crippen molar-refractivity contribution in [3.63, 3.8) is 0 Å². The summed E-state index contributed by atoms with van der Waals surface area (Å²) in [5.41, 5.74) is 0.205. The van der Waals surface area contributed by atoms with Gasteiger partial charge in [0.1, 0.15) is 5.58 Å². The molecule has 15 heavy (non-hydrogen) atoms. The third-order valence-electron chi connectivity index (χ3n) is 1.95. The van der Waals surface area contributed by atoms with Gasteiger partial charge in [0.05, 0.1) is 0 Å². The molecule has 1 heterocycles. The molecule has 0 radical (unpaired) electrons.